The van der Waals surface area contributed by atoms with Crippen LogP contribution in [0.15, 0.2) is 64.9 Å². The van der Waals surface area contributed by atoms with Crippen LogP contribution in [0.3, 0.4) is 0 Å². The first-order valence-corrected chi connectivity index (χ1v) is 12.0. The van der Waals surface area contributed by atoms with Gasteiger partial charge in [-0.1, -0.05) is 17.8 Å². The maximum absolute atomic E-state index is 11.7. The second kappa shape index (κ2) is 8.04. The molecule has 0 atom stereocenters. The maximum atomic E-state index is 11.7. The number of rotatable bonds is 6. The fraction of sp³-hybridized carbons (Fsp3) is 0.200. The lowest BCUT2D eigenvalue weighted by Gasteiger charge is -2.10. The van der Waals surface area contributed by atoms with Crippen molar-refractivity contribution in [3.63, 3.8) is 0 Å². The van der Waals surface area contributed by atoms with Gasteiger partial charge in [0.25, 0.3) is 0 Å². The minimum atomic E-state index is -3.25. The fourth-order valence-corrected chi connectivity index (χ4v) is 4.44. The van der Waals surface area contributed by atoms with Gasteiger partial charge in [0.05, 0.1) is 16.3 Å². The number of hydrogen-bond acceptors (Lipinski definition) is 7. The van der Waals surface area contributed by atoms with Gasteiger partial charge in [-0.05, 0) is 71.8 Å². The van der Waals surface area contributed by atoms with E-state index in [4.69, 9.17) is 0 Å². The molecule has 0 fully saturated rings. The van der Waals surface area contributed by atoms with Crippen LogP contribution in [0.4, 0.5) is 0 Å². The molecule has 0 N–H and O–H groups in total. The van der Waals surface area contributed by atoms with Gasteiger partial charge in [-0.25, -0.2) is 13.4 Å². The summed E-state index contributed by atoms with van der Waals surface area (Å²) in [4.78, 5) is 4.72. The molecule has 2 heterocycles. The van der Waals surface area contributed by atoms with Crippen LogP contribution in [-0.2, 0) is 15.6 Å². The molecular weight excluding hydrogens is 420 g/mol. The first-order valence-electron chi connectivity index (χ1n) is 9.14. The van der Waals surface area contributed by atoms with Gasteiger partial charge in [0, 0.05) is 24.3 Å². The number of imidazole rings is 1. The molecule has 0 aliphatic heterocycles. The molecule has 0 saturated heterocycles. The average Bonchev–Trinajstić information content (AvgIpc) is 3.37. The Morgan fingerprint density at radius 1 is 1.00 bits per heavy atom. The third-order valence-electron chi connectivity index (χ3n) is 4.75. The van der Waals surface area contributed by atoms with Gasteiger partial charge in [-0.3, -0.25) is 4.57 Å². The van der Waals surface area contributed by atoms with E-state index in [-0.39, 0.29) is 4.90 Å². The first kappa shape index (κ1) is 20.3. The number of sulfone groups is 1. The number of nitrogens with zero attached hydrogens (tertiary/aromatic N) is 6. The molecular formula is C20H20N6O2S2. The SMILES string of the molecule is Cc1ccc(-n2ccnc2SCc2nnnn2-c2ccc(S(C)(=O)=O)cc2)cc1C. The van der Waals surface area contributed by atoms with E-state index in [1.807, 2.05) is 10.8 Å². The van der Waals surface area contributed by atoms with Crippen LogP contribution in [0.2, 0.25) is 0 Å². The number of thioether (sulfide) groups is 1. The predicted octanol–water partition coefficient (Wildman–Crippen LogP) is 3.16. The van der Waals surface area contributed by atoms with Crippen molar-refractivity contribution >= 4 is 21.6 Å². The molecule has 0 aliphatic rings. The van der Waals surface area contributed by atoms with Crippen molar-refractivity contribution in [2.45, 2.75) is 29.7 Å². The van der Waals surface area contributed by atoms with Gasteiger partial charge in [-0.15, -0.1) is 5.10 Å². The van der Waals surface area contributed by atoms with Crippen LogP contribution in [0, 0.1) is 13.8 Å². The van der Waals surface area contributed by atoms with Gasteiger partial charge in [-0.2, -0.15) is 4.68 Å². The second-order valence-electron chi connectivity index (χ2n) is 6.91. The molecule has 2 aromatic heterocycles. The van der Waals surface area contributed by atoms with Crippen molar-refractivity contribution in [1.82, 2.24) is 29.8 Å². The van der Waals surface area contributed by atoms with Crippen molar-refractivity contribution in [2.75, 3.05) is 6.26 Å². The summed E-state index contributed by atoms with van der Waals surface area (Å²) in [6.45, 7) is 4.18. The molecule has 0 spiro atoms. The van der Waals surface area contributed by atoms with Crippen LogP contribution >= 0.6 is 11.8 Å². The van der Waals surface area contributed by atoms with Gasteiger partial charge >= 0.3 is 0 Å². The lowest BCUT2D eigenvalue weighted by molar-refractivity contribution is 0.602. The van der Waals surface area contributed by atoms with E-state index in [0.29, 0.717) is 17.3 Å². The van der Waals surface area contributed by atoms with Crippen molar-refractivity contribution in [2.24, 2.45) is 0 Å². The van der Waals surface area contributed by atoms with E-state index in [1.165, 1.54) is 29.1 Å². The molecule has 4 rings (SSSR count). The molecule has 10 heteroatoms. The summed E-state index contributed by atoms with van der Waals surface area (Å²) in [6, 6.07) is 12.8. The van der Waals surface area contributed by atoms with Gasteiger partial charge < -0.3 is 0 Å². The van der Waals surface area contributed by atoms with Gasteiger partial charge in [0.1, 0.15) is 0 Å². The molecule has 154 valence electrons. The standard InChI is InChI=1S/C20H20N6O2S2/c1-14-4-5-17(12-15(14)2)25-11-10-21-20(25)29-13-19-22-23-24-26(19)16-6-8-18(9-7-16)30(3,27)28/h4-12H,13H2,1-3H3. The molecule has 30 heavy (non-hydrogen) atoms. The van der Waals surface area contributed by atoms with Gasteiger partial charge in [0.15, 0.2) is 20.8 Å². The van der Waals surface area contributed by atoms with Crippen molar-refractivity contribution in [1.29, 1.82) is 0 Å². The minimum Gasteiger partial charge on any atom is -0.295 e. The third-order valence-corrected chi connectivity index (χ3v) is 6.84. The lowest BCUT2D eigenvalue weighted by Crippen LogP contribution is -2.04. The number of aryl methyl sites for hydroxylation is 2. The summed E-state index contributed by atoms with van der Waals surface area (Å²) in [7, 11) is -3.25. The largest absolute Gasteiger partial charge is 0.295 e. The third kappa shape index (κ3) is 4.14. The molecule has 2 aromatic carbocycles. The molecule has 4 aromatic rings. The number of benzene rings is 2. The zero-order valence-electron chi connectivity index (χ0n) is 16.7. The average molecular weight is 441 g/mol. The Balaban J connectivity index is 1.55. The molecule has 0 bridgehead atoms. The van der Waals surface area contributed by atoms with Crippen LogP contribution in [0.5, 0.6) is 0 Å². The Bertz CT molecular complexity index is 1290. The number of tetrazole rings is 1. The van der Waals surface area contributed by atoms with Crippen LogP contribution in [0.25, 0.3) is 11.4 Å². The van der Waals surface area contributed by atoms with E-state index >= 15 is 0 Å². The zero-order valence-corrected chi connectivity index (χ0v) is 18.4. The van der Waals surface area contributed by atoms with E-state index in [9.17, 15) is 8.42 Å². The van der Waals surface area contributed by atoms with Crippen LogP contribution in [-0.4, -0.2) is 44.4 Å². The Kier molecular flexibility index (Phi) is 5.44. The summed E-state index contributed by atoms with van der Waals surface area (Å²) in [6.07, 6.45) is 4.88. The zero-order chi connectivity index (χ0) is 21.3. The topological polar surface area (TPSA) is 95.6 Å². The minimum absolute atomic E-state index is 0.255. The van der Waals surface area contributed by atoms with E-state index in [1.54, 1.807) is 35.1 Å². The van der Waals surface area contributed by atoms with E-state index in [0.717, 1.165) is 10.8 Å². The highest BCUT2D eigenvalue weighted by molar-refractivity contribution is 7.98. The first-order chi connectivity index (χ1) is 14.3. The number of aromatic nitrogens is 6. The maximum Gasteiger partial charge on any atom is 0.175 e. The summed E-state index contributed by atoms with van der Waals surface area (Å²) in [5.74, 6) is 1.14. The lowest BCUT2D eigenvalue weighted by atomic mass is 10.1. The molecule has 8 nitrogen and oxygen atoms in total. The van der Waals surface area contributed by atoms with Crippen molar-refractivity contribution in [3.05, 3.63) is 71.8 Å². The second-order valence-corrected chi connectivity index (χ2v) is 9.87. The molecule has 0 aliphatic carbocycles. The highest BCUT2D eigenvalue weighted by Gasteiger charge is 2.13. The summed E-state index contributed by atoms with van der Waals surface area (Å²) < 4.78 is 27.0. The molecule has 0 radical (unpaired) electrons. The Morgan fingerprint density at radius 2 is 1.73 bits per heavy atom. The Hall–Kier alpha value is -2.98. The summed E-state index contributed by atoms with van der Waals surface area (Å²) >= 11 is 1.53. The van der Waals surface area contributed by atoms with Crippen molar-refractivity contribution in [3.8, 4) is 11.4 Å². The smallest absolute Gasteiger partial charge is 0.175 e. The fourth-order valence-electron chi connectivity index (χ4n) is 2.93. The van der Waals surface area contributed by atoms with Crippen LogP contribution < -0.4 is 0 Å². The Morgan fingerprint density at radius 3 is 2.43 bits per heavy atom. The summed E-state index contributed by atoms with van der Waals surface area (Å²) in [5, 5.41) is 12.8. The van der Waals surface area contributed by atoms with Gasteiger partial charge in [0.2, 0.25) is 0 Å². The highest BCUT2D eigenvalue weighted by atomic mass is 32.2. The van der Waals surface area contributed by atoms with E-state index in [2.05, 4.69) is 52.6 Å². The van der Waals surface area contributed by atoms with E-state index < -0.39 is 9.84 Å². The predicted molar refractivity (Wildman–Crippen MR) is 115 cm³/mol. The number of hydrogen-bond donors (Lipinski definition) is 0. The Labute approximate surface area is 178 Å². The highest BCUT2D eigenvalue weighted by Crippen LogP contribution is 2.25. The molecule has 0 unspecified atom stereocenters. The molecule has 0 amide bonds. The summed E-state index contributed by atoms with van der Waals surface area (Å²) in [5.41, 5.74) is 4.21. The van der Waals surface area contributed by atoms with Crippen LogP contribution in [0.1, 0.15) is 17.0 Å². The molecule has 0 saturated carbocycles. The monoisotopic (exact) mass is 440 g/mol. The normalized spacial score (nSPS) is 11.7. The van der Waals surface area contributed by atoms with Crippen molar-refractivity contribution < 1.29 is 8.42 Å². The quantitative estimate of drug-likeness (QED) is 0.425.